The highest BCUT2D eigenvalue weighted by molar-refractivity contribution is 4.75. The van der Waals surface area contributed by atoms with Gasteiger partial charge in [0.2, 0.25) is 0 Å². The average Bonchev–Trinajstić information content (AvgIpc) is 3.18. The molecular weight excluding hydrogens is 625 g/mol. The van der Waals surface area contributed by atoms with E-state index in [2.05, 4.69) is 83.1 Å². The van der Waals surface area contributed by atoms with Gasteiger partial charge < -0.3 is 0 Å². The van der Waals surface area contributed by atoms with E-state index in [1.54, 1.807) is 0 Å². The van der Waals surface area contributed by atoms with Crippen LogP contribution in [0.25, 0.3) is 0 Å². The molecule has 0 aliphatic rings. The molecule has 52 heavy (non-hydrogen) atoms. The van der Waals surface area contributed by atoms with Crippen LogP contribution in [-0.4, -0.2) is 0 Å². The molecule has 0 unspecified atom stereocenters. The first kappa shape index (κ1) is 52.0. The molecule has 0 heteroatoms. The van der Waals surface area contributed by atoms with Crippen molar-refractivity contribution >= 4 is 0 Å². The Balaban J connectivity index is 6.11. The molecule has 0 rings (SSSR count). The van der Waals surface area contributed by atoms with E-state index in [1.807, 2.05) is 0 Å². The van der Waals surface area contributed by atoms with Crippen LogP contribution in [0.5, 0.6) is 0 Å². The molecule has 0 amide bonds. The molecule has 0 aliphatic carbocycles. The number of hydrogen-bond donors (Lipinski definition) is 0. The van der Waals surface area contributed by atoms with E-state index in [1.165, 1.54) is 193 Å². The topological polar surface area (TPSA) is 0 Å². The third-order valence-corrected chi connectivity index (χ3v) is 15.8. The largest absolute Gasteiger partial charge is 0.0651 e. The molecule has 0 bridgehead atoms. The summed E-state index contributed by atoms with van der Waals surface area (Å²) < 4.78 is 0. The molecule has 0 radical (unpaired) electrons. The fourth-order valence-corrected chi connectivity index (χ4v) is 10.2. The Kier molecular flexibility index (Phi) is 35.4. The summed E-state index contributed by atoms with van der Waals surface area (Å²) in [7, 11) is 0. The Labute approximate surface area is 333 Å². The summed E-state index contributed by atoms with van der Waals surface area (Å²) in [6.07, 6.45) is 43.5. The monoisotopic (exact) mass is 731 g/mol. The van der Waals surface area contributed by atoms with Crippen molar-refractivity contribution in [1.82, 2.24) is 0 Å². The smallest absolute Gasteiger partial charge is 0.0414 e. The third kappa shape index (κ3) is 25.2. The van der Waals surface area contributed by atoms with Gasteiger partial charge >= 0.3 is 0 Å². The van der Waals surface area contributed by atoms with Crippen molar-refractivity contribution in [3.8, 4) is 0 Å². The summed E-state index contributed by atoms with van der Waals surface area (Å²) >= 11 is 0. The summed E-state index contributed by atoms with van der Waals surface area (Å²) in [5.74, 6) is 9.53. The minimum Gasteiger partial charge on any atom is -0.0651 e. The second kappa shape index (κ2) is 35.4. The normalized spacial score (nSPS) is 12.8. The molecule has 0 saturated heterocycles. The molecule has 314 valence electrons. The lowest BCUT2D eigenvalue weighted by Gasteiger charge is -2.28. The maximum atomic E-state index is 2.44. The SMILES string of the molecule is CCC(CC)CCC(CCC(CC)CC)CCC(CCC(CCC(CC)CC)CCC(CC)CC)CCC(CCC(CC)CC)CCC(CC)CC. The zero-order chi connectivity index (χ0) is 39.0. The summed E-state index contributed by atoms with van der Waals surface area (Å²) in [5, 5.41) is 0. The first-order chi connectivity index (χ1) is 25.2. The van der Waals surface area contributed by atoms with Gasteiger partial charge in [0.05, 0.1) is 0 Å². The molecule has 0 heterocycles. The van der Waals surface area contributed by atoms with Gasteiger partial charge in [0.15, 0.2) is 0 Å². The van der Waals surface area contributed by atoms with E-state index >= 15 is 0 Å². The van der Waals surface area contributed by atoms with Crippen molar-refractivity contribution in [2.24, 2.45) is 59.2 Å². The van der Waals surface area contributed by atoms with Crippen molar-refractivity contribution in [1.29, 1.82) is 0 Å². The van der Waals surface area contributed by atoms with E-state index in [-0.39, 0.29) is 0 Å². The summed E-state index contributed by atoms with van der Waals surface area (Å²) in [5.41, 5.74) is 0. The van der Waals surface area contributed by atoms with Gasteiger partial charge in [0, 0.05) is 0 Å². The Morgan fingerprint density at radius 2 is 0.212 bits per heavy atom. The van der Waals surface area contributed by atoms with Crippen LogP contribution < -0.4 is 0 Å². The highest BCUT2D eigenvalue weighted by Crippen LogP contribution is 2.36. The van der Waals surface area contributed by atoms with Crippen LogP contribution in [0.1, 0.15) is 276 Å². The maximum Gasteiger partial charge on any atom is -0.0414 e. The first-order valence-electron chi connectivity index (χ1n) is 25.2. The van der Waals surface area contributed by atoms with Crippen LogP contribution in [0.15, 0.2) is 0 Å². The second-order valence-corrected chi connectivity index (χ2v) is 18.8. The van der Waals surface area contributed by atoms with Crippen molar-refractivity contribution in [3.63, 3.8) is 0 Å². The summed E-state index contributed by atoms with van der Waals surface area (Å²) in [6.45, 7) is 29.3. The lowest BCUT2D eigenvalue weighted by Crippen LogP contribution is -2.14. The Morgan fingerprint density at radius 3 is 0.288 bits per heavy atom. The summed E-state index contributed by atoms with van der Waals surface area (Å²) in [6, 6.07) is 0. The third-order valence-electron chi connectivity index (χ3n) is 15.8. The van der Waals surface area contributed by atoms with Gasteiger partial charge in [-0.15, -0.1) is 0 Å². The molecule has 0 aromatic rings. The fourth-order valence-electron chi connectivity index (χ4n) is 10.2. The highest BCUT2D eigenvalue weighted by atomic mass is 14.3. The maximum absolute atomic E-state index is 2.44. The van der Waals surface area contributed by atoms with E-state index in [9.17, 15) is 0 Å². The van der Waals surface area contributed by atoms with Gasteiger partial charge in [0.25, 0.3) is 0 Å². The fraction of sp³-hybridized carbons (Fsp3) is 1.00. The van der Waals surface area contributed by atoms with Crippen LogP contribution >= 0.6 is 0 Å². The quantitative estimate of drug-likeness (QED) is 0.0591. The van der Waals surface area contributed by atoms with E-state index in [4.69, 9.17) is 0 Å². The summed E-state index contributed by atoms with van der Waals surface area (Å²) in [4.78, 5) is 0. The van der Waals surface area contributed by atoms with Crippen molar-refractivity contribution in [2.75, 3.05) is 0 Å². The molecule has 0 aromatic heterocycles. The minimum atomic E-state index is 0.947. The van der Waals surface area contributed by atoms with Gasteiger partial charge in [-0.3, -0.25) is 0 Å². The van der Waals surface area contributed by atoms with Gasteiger partial charge in [0.1, 0.15) is 0 Å². The minimum absolute atomic E-state index is 0.947. The second-order valence-electron chi connectivity index (χ2n) is 18.8. The molecule has 0 saturated carbocycles. The van der Waals surface area contributed by atoms with Gasteiger partial charge in [-0.1, -0.05) is 276 Å². The van der Waals surface area contributed by atoms with Gasteiger partial charge in [-0.05, 0) is 59.2 Å². The number of rotatable bonds is 39. The van der Waals surface area contributed by atoms with Crippen molar-refractivity contribution in [3.05, 3.63) is 0 Å². The zero-order valence-corrected chi connectivity index (χ0v) is 39.0. The molecule has 0 aromatic carbocycles. The standard InChI is InChI=1S/C52H106/c1-13-43(14-2)25-31-49(32-26-44(15-3)16-4)37-40-52(41-38-50(33-27-45(17-5)18-6)34-28-46(19-7)20-8)42-39-51(35-29-47(21-9)22-10)36-30-48(23-11)24-12/h43-52H,13-42H2,1-12H3. The van der Waals surface area contributed by atoms with Gasteiger partial charge in [-0.2, -0.15) is 0 Å². The molecular formula is C52H106. The molecule has 0 nitrogen and oxygen atoms in total. The lowest BCUT2D eigenvalue weighted by atomic mass is 9.78. The van der Waals surface area contributed by atoms with E-state index < -0.39 is 0 Å². The highest BCUT2D eigenvalue weighted by Gasteiger charge is 2.22. The van der Waals surface area contributed by atoms with Crippen LogP contribution in [-0.2, 0) is 0 Å². The molecule has 0 N–H and O–H groups in total. The van der Waals surface area contributed by atoms with Crippen LogP contribution in [0.3, 0.4) is 0 Å². The zero-order valence-electron chi connectivity index (χ0n) is 39.0. The van der Waals surface area contributed by atoms with E-state index in [0.29, 0.717) is 0 Å². The van der Waals surface area contributed by atoms with Crippen molar-refractivity contribution in [2.45, 2.75) is 276 Å². The molecule has 0 fully saturated rings. The van der Waals surface area contributed by atoms with Gasteiger partial charge in [-0.25, -0.2) is 0 Å². The van der Waals surface area contributed by atoms with Crippen molar-refractivity contribution < 1.29 is 0 Å². The predicted octanol–water partition coefficient (Wildman–Crippen LogP) is 19.1. The molecule has 0 spiro atoms. The molecule has 0 atom stereocenters. The van der Waals surface area contributed by atoms with Crippen LogP contribution in [0.4, 0.5) is 0 Å². The first-order valence-corrected chi connectivity index (χ1v) is 25.2. The Hall–Kier alpha value is 0. The molecule has 0 aliphatic heterocycles. The average molecular weight is 731 g/mol. The number of hydrogen-bond acceptors (Lipinski definition) is 0. The Bertz CT molecular complexity index is 542. The van der Waals surface area contributed by atoms with Crippen LogP contribution in [0, 0.1) is 59.2 Å². The van der Waals surface area contributed by atoms with E-state index in [0.717, 1.165) is 59.2 Å². The lowest BCUT2D eigenvalue weighted by molar-refractivity contribution is 0.242. The van der Waals surface area contributed by atoms with Crippen LogP contribution in [0.2, 0.25) is 0 Å². The predicted molar refractivity (Wildman–Crippen MR) is 241 cm³/mol. The Morgan fingerprint density at radius 1 is 0.135 bits per heavy atom.